The summed E-state index contributed by atoms with van der Waals surface area (Å²) in [4.78, 5) is 14.7. The van der Waals surface area contributed by atoms with Crippen LogP contribution in [0.5, 0.6) is 0 Å². The van der Waals surface area contributed by atoms with Crippen LogP contribution in [-0.2, 0) is 6.54 Å². The van der Waals surface area contributed by atoms with Crippen LogP contribution in [0.15, 0.2) is 22.6 Å². The van der Waals surface area contributed by atoms with Gasteiger partial charge in [-0.1, -0.05) is 25.4 Å². The van der Waals surface area contributed by atoms with Crippen LogP contribution >= 0.6 is 11.6 Å². The summed E-state index contributed by atoms with van der Waals surface area (Å²) in [5, 5.41) is 11.7. The number of anilines is 1. The van der Waals surface area contributed by atoms with E-state index in [2.05, 4.69) is 22.4 Å². The average Bonchev–Trinajstić information content (AvgIpc) is 3.09. The predicted molar refractivity (Wildman–Crippen MR) is 102 cm³/mol. The molecule has 3 rings (SSSR count). The average molecular weight is 377 g/mol. The van der Waals surface area contributed by atoms with Crippen molar-refractivity contribution < 1.29 is 9.21 Å². The van der Waals surface area contributed by atoms with Crippen LogP contribution < -0.4 is 5.32 Å². The van der Waals surface area contributed by atoms with Crippen molar-refractivity contribution in [1.29, 1.82) is 0 Å². The maximum Gasteiger partial charge on any atom is 0.255 e. The highest BCUT2D eigenvalue weighted by Gasteiger charge is 2.25. The fraction of sp³-hybridized carbons (Fsp3) is 0.526. The summed E-state index contributed by atoms with van der Waals surface area (Å²) in [6, 6.07) is 5.66. The number of hydrogen-bond donors (Lipinski definition) is 1. The molecule has 0 aliphatic carbocycles. The minimum atomic E-state index is 0.00669. The second-order valence-corrected chi connectivity index (χ2v) is 7.49. The Morgan fingerprint density at radius 1 is 1.38 bits per heavy atom. The van der Waals surface area contributed by atoms with Gasteiger partial charge in [0.15, 0.2) is 0 Å². The first-order chi connectivity index (χ1) is 12.5. The van der Waals surface area contributed by atoms with Gasteiger partial charge >= 0.3 is 0 Å². The quantitative estimate of drug-likeness (QED) is 0.833. The molecule has 1 amide bonds. The van der Waals surface area contributed by atoms with Gasteiger partial charge in [0.25, 0.3) is 5.91 Å². The van der Waals surface area contributed by atoms with Crippen molar-refractivity contribution in [2.45, 2.75) is 58.5 Å². The zero-order chi connectivity index (χ0) is 18.7. The minimum Gasteiger partial charge on any atom is -0.423 e. The zero-order valence-electron chi connectivity index (χ0n) is 15.5. The van der Waals surface area contributed by atoms with E-state index >= 15 is 0 Å². The van der Waals surface area contributed by atoms with Crippen molar-refractivity contribution in [2.24, 2.45) is 0 Å². The third kappa shape index (κ3) is 4.18. The monoisotopic (exact) mass is 376 g/mol. The van der Waals surface area contributed by atoms with E-state index in [9.17, 15) is 4.79 Å². The summed E-state index contributed by atoms with van der Waals surface area (Å²) in [5.41, 5.74) is 1.35. The van der Waals surface area contributed by atoms with Crippen LogP contribution in [0.25, 0.3) is 0 Å². The lowest BCUT2D eigenvalue weighted by atomic mass is 10.0. The lowest BCUT2D eigenvalue weighted by Crippen LogP contribution is -2.42. The SMILES string of the molecule is CC(C)c1nnc(CNc2ccc(C(=O)N3CCCCC3C)c(Cl)c2)o1. The summed E-state index contributed by atoms with van der Waals surface area (Å²) in [7, 11) is 0. The molecule has 1 saturated heterocycles. The molecule has 0 saturated carbocycles. The Labute approximate surface area is 158 Å². The summed E-state index contributed by atoms with van der Waals surface area (Å²) >= 11 is 6.38. The highest BCUT2D eigenvalue weighted by atomic mass is 35.5. The summed E-state index contributed by atoms with van der Waals surface area (Å²) in [6.45, 7) is 7.31. The van der Waals surface area contributed by atoms with Crippen molar-refractivity contribution in [3.8, 4) is 0 Å². The summed E-state index contributed by atoms with van der Waals surface area (Å²) < 4.78 is 5.57. The number of amides is 1. The standard InChI is InChI=1S/C19H25ClN4O2/c1-12(2)18-23-22-17(26-18)11-21-14-7-8-15(16(20)10-14)19(25)24-9-5-4-6-13(24)3/h7-8,10,12-13,21H,4-6,9,11H2,1-3H3. The van der Waals surface area contributed by atoms with E-state index in [0.717, 1.165) is 25.1 Å². The molecule has 1 unspecified atom stereocenters. The molecule has 26 heavy (non-hydrogen) atoms. The molecule has 140 valence electrons. The molecule has 0 radical (unpaired) electrons. The first-order valence-corrected chi connectivity index (χ1v) is 9.50. The van der Waals surface area contributed by atoms with E-state index in [4.69, 9.17) is 16.0 Å². The fourth-order valence-corrected chi connectivity index (χ4v) is 3.36. The van der Waals surface area contributed by atoms with Crippen LogP contribution in [0, 0.1) is 0 Å². The number of carbonyl (C=O) groups excluding carboxylic acids is 1. The number of nitrogens with one attached hydrogen (secondary N) is 1. The molecule has 1 aliphatic heterocycles. The number of benzene rings is 1. The molecule has 1 aromatic carbocycles. The predicted octanol–water partition coefficient (Wildman–Crippen LogP) is 4.47. The lowest BCUT2D eigenvalue weighted by Gasteiger charge is -2.33. The fourth-order valence-electron chi connectivity index (χ4n) is 3.10. The lowest BCUT2D eigenvalue weighted by molar-refractivity contribution is 0.0636. The molecule has 1 atom stereocenters. The Bertz CT molecular complexity index is 775. The van der Waals surface area contributed by atoms with Crippen molar-refractivity contribution in [3.05, 3.63) is 40.6 Å². The summed E-state index contributed by atoms with van der Waals surface area (Å²) in [6.07, 6.45) is 3.27. The van der Waals surface area contributed by atoms with E-state index in [-0.39, 0.29) is 17.9 Å². The number of hydrogen-bond acceptors (Lipinski definition) is 5. The molecule has 0 bridgehead atoms. The number of likely N-dealkylation sites (tertiary alicyclic amines) is 1. The van der Waals surface area contributed by atoms with Gasteiger partial charge in [0, 0.05) is 24.2 Å². The smallest absolute Gasteiger partial charge is 0.255 e. The van der Waals surface area contributed by atoms with Gasteiger partial charge in [0.05, 0.1) is 17.1 Å². The van der Waals surface area contributed by atoms with Crippen molar-refractivity contribution in [3.63, 3.8) is 0 Å². The molecular weight excluding hydrogens is 352 g/mol. The molecule has 2 heterocycles. The third-order valence-electron chi connectivity index (χ3n) is 4.68. The Morgan fingerprint density at radius 2 is 2.19 bits per heavy atom. The molecule has 0 spiro atoms. The van der Waals surface area contributed by atoms with E-state index in [1.807, 2.05) is 24.8 Å². The molecule has 1 fully saturated rings. The van der Waals surface area contributed by atoms with Crippen LogP contribution in [0.4, 0.5) is 5.69 Å². The second-order valence-electron chi connectivity index (χ2n) is 7.08. The number of rotatable bonds is 5. The maximum atomic E-state index is 12.8. The summed E-state index contributed by atoms with van der Waals surface area (Å²) in [5.74, 6) is 1.35. The van der Waals surface area contributed by atoms with Crippen molar-refractivity contribution in [1.82, 2.24) is 15.1 Å². The molecule has 1 N–H and O–H groups in total. The van der Waals surface area contributed by atoms with E-state index in [1.54, 1.807) is 12.1 Å². The molecule has 2 aromatic rings. The highest BCUT2D eigenvalue weighted by molar-refractivity contribution is 6.34. The Hall–Kier alpha value is -2.08. The van der Waals surface area contributed by atoms with Crippen LogP contribution in [0.2, 0.25) is 5.02 Å². The van der Waals surface area contributed by atoms with Gasteiger partial charge in [-0.15, -0.1) is 10.2 Å². The number of halogens is 1. The topological polar surface area (TPSA) is 71.3 Å². The Morgan fingerprint density at radius 3 is 2.85 bits per heavy atom. The van der Waals surface area contributed by atoms with Crippen LogP contribution in [0.3, 0.4) is 0 Å². The first kappa shape index (κ1) is 18.7. The van der Waals surface area contributed by atoms with Crippen molar-refractivity contribution >= 4 is 23.2 Å². The zero-order valence-corrected chi connectivity index (χ0v) is 16.2. The van der Waals surface area contributed by atoms with Crippen LogP contribution in [-0.4, -0.2) is 33.6 Å². The van der Waals surface area contributed by atoms with Crippen molar-refractivity contribution in [2.75, 3.05) is 11.9 Å². The van der Waals surface area contributed by atoms with E-state index in [0.29, 0.717) is 28.9 Å². The van der Waals surface area contributed by atoms with E-state index in [1.165, 1.54) is 6.42 Å². The molecule has 6 nitrogen and oxygen atoms in total. The van der Waals surface area contributed by atoms with Gasteiger partial charge in [0.1, 0.15) is 0 Å². The Kier molecular flexibility index (Phi) is 5.81. The first-order valence-electron chi connectivity index (χ1n) is 9.12. The Balaban J connectivity index is 1.65. The highest BCUT2D eigenvalue weighted by Crippen LogP contribution is 2.26. The number of nitrogens with zero attached hydrogens (tertiary/aromatic N) is 3. The largest absolute Gasteiger partial charge is 0.423 e. The van der Waals surface area contributed by atoms with Gasteiger partial charge in [-0.3, -0.25) is 4.79 Å². The second kappa shape index (κ2) is 8.08. The number of piperidine rings is 1. The van der Waals surface area contributed by atoms with Gasteiger partial charge in [-0.25, -0.2) is 0 Å². The molecule has 7 heteroatoms. The van der Waals surface area contributed by atoms with Gasteiger partial charge in [-0.2, -0.15) is 0 Å². The number of aromatic nitrogens is 2. The minimum absolute atomic E-state index is 0.00669. The van der Waals surface area contributed by atoms with Crippen LogP contribution in [0.1, 0.15) is 68.1 Å². The number of carbonyl (C=O) groups is 1. The molecular formula is C19H25ClN4O2. The maximum absolute atomic E-state index is 12.8. The normalized spacial score (nSPS) is 17.6. The van der Waals surface area contributed by atoms with E-state index < -0.39 is 0 Å². The van der Waals surface area contributed by atoms with Gasteiger partial charge in [-0.05, 0) is 44.4 Å². The van der Waals surface area contributed by atoms with Gasteiger partial charge < -0.3 is 14.6 Å². The molecule has 1 aliphatic rings. The third-order valence-corrected chi connectivity index (χ3v) is 5.00. The van der Waals surface area contributed by atoms with Gasteiger partial charge in [0.2, 0.25) is 11.8 Å². The molecule has 1 aromatic heterocycles.